The number of piperazine rings is 1. The monoisotopic (exact) mass is 416 g/mol. The molecular weight excluding hydrogens is 384 g/mol. The van der Waals surface area contributed by atoms with E-state index in [0.717, 1.165) is 57.0 Å². The Balaban J connectivity index is 1.77. The first-order valence-corrected chi connectivity index (χ1v) is 12.0. The van der Waals surface area contributed by atoms with Gasteiger partial charge in [-0.1, -0.05) is 26.8 Å². The third-order valence-electron chi connectivity index (χ3n) is 4.85. The van der Waals surface area contributed by atoms with E-state index in [1.807, 2.05) is 13.8 Å². The maximum atomic E-state index is 12.5. The molecule has 9 heteroatoms. The van der Waals surface area contributed by atoms with E-state index in [1.54, 1.807) is 17.5 Å². The third kappa shape index (κ3) is 6.83. The minimum Gasteiger partial charge on any atom is -0.355 e. The Labute approximate surface area is 167 Å². The Bertz CT molecular complexity index is 669. The van der Waals surface area contributed by atoms with Crippen LogP contribution >= 0.6 is 11.3 Å². The molecule has 0 spiro atoms. The summed E-state index contributed by atoms with van der Waals surface area (Å²) in [6, 6.07) is 2.45. The molecule has 154 valence electrons. The van der Waals surface area contributed by atoms with E-state index in [4.69, 9.17) is 0 Å². The van der Waals surface area contributed by atoms with Crippen molar-refractivity contribution in [3.05, 3.63) is 17.5 Å². The van der Waals surface area contributed by atoms with Crippen LogP contribution in [0.1, 0.15) is 27.2 Å². The van der Waals surface area contributed by atoms with Crippen LogP contribution in [0.4, 0.5) is 0 Å². The number of hydrogen-bond donors (Lipinski definition) is 2. The van der Waals surface area contributed by atoms with Crippen molar-refractivity contribution >= 4 is 27.3 Å². The number of carbonyl (C=O) groups excluding carboxylic acids is 1. The summed E-state index contributed by atoms with van der Waals surface area (Å²) in [5, 5.41) is 4.60. The highest BCUT2D eigenvalue weighted by molar-refractivity contribution is 7.91. The summed E-state index contributed by atoms with van der Waals surface area (Å²) in [5.74, 6) is -0.400. The zero-order valence-electron chi connectivity index (χ0n) is 16.5. The molecule has 0 unspecified atom stereocenters. The highest BCUT2D eigenvalue weighted by Crippen LogP contribution is 2.17. The molecule has 1 aliphatic rings. The molecule has 1 aromatic heterocycles. The van der Waals surface area contributed by atoms with Gasteiger partial charge in [0.2, 0.25) is 5.91 Å². The molecule has 0 aliphatic carbocycles. The molecule has 7 nitrogen and oxygen atoms in total. The lowest BCUT2D eigenvalue weighted by Crippen LogP contribution is -2.50. The van der Waals surface area contributed by atoms with Crippen LogP contribution in [0.5, 0.6) is 0 Å². The topological polar surface area (TPSA) is 81.8 Å². The Morgan fingerprint density at radius 3 is 2.44 bits per heavy atom. The van der Waals surface area contributed by atoms with E-state index < -0.39 is 16.1 Å². The van der Waals surface area contributed by atoms with Crippen molar-refractivity contribution in [2.24, 2.45) is 5.92 Å². The number of amides is 1. The van der Waals surface area contributed by atoms with Gasteiger partial charge in [-0.2, -0.15) is 4.72 Å². The van der Waals surface area contributed by atoms with Gasteiger partial charge in [0, 0.05) is 32.7 Å². The Kier molecular flexibility index (Phi) is 8.68. The fraction of sp³-hybridized carbons (Fsp3) is 0.722. The first kappa shape index (κ1) is 22.3. The van der Waals surface area contributed by atoms with Crippen molar-refractivity contribution in [1.82, 2.24) is 19.8 Å². The fourth-order valence-corrected chi connectivity index (χ4v) is 5.44. The normalized spacial score (nSPS) is 17.9. The number of rotatable bonds is 10. The van der Waals surface area contributed by atoms with Crippen molar-refractivity contribution in [3.8, 4) is 0 Å². The fourth-order valence-electron chi connectivity index (χ4n) is 3.09. The van der Waals surface area contributed by atoms with Crippen LogP contribution in [0.15, 0.2) is 21.7 Å². The summed E-state index contributed by atoms with van der Waals surface area (Å²) in [6.07, 6.45) is 0.861. The molecule has 1 fully saturated rings. The van der Waals surface area contributed by atoms with Crippen molar-refractivity contribution in [1.29, 1.82) is 0 Å². The van der Waals surface area contributed by atoms with E-state index in [0.29, 0.717) is 6.54 Å². The number of sulfonamides is 1. The minimum absolute atomic E-state index is 0.137. The largest absolute Gasteiger partial charge is 0.355 e. The molecule has 1 aliphatic heterocycles. The van der Waals surface area contributed by atoms with Crippen molar-refractivity contribution < 1.29 is 13.2 Å². The first-order valence-electron chi connectivity index (χ1n) is 9.61. The van der Waals surface area contributed by atoms with Gasteiger partial charge in [0.1, 0.15) is 10.3 Å². The molecule has 0 aromatic carbocycles. The van der Waals surface area contributed by atoms with Crippen LogP contribution in [-0.4, -0.2) is 76.0 Å². The van der Waals surface area contributed by atoms with Crippen molar-refractivity contribution in [2.45, 2.75) is 37.4 Å². The van der Waals surface area contributed by atoms with Crippen LogP contribution in [-0.2, 0) is 14.8 Å². The lowest BCUT2D eigenvalue weighted by Gasteiger charge is -2.34. The van der Waals surface area contributed by atoms with Crippen LogP contribution in [0.2, 0.25) is 0 Å². The smallest absolute Gasteiger partial charge is 0.250 e. The highest BCUT2D eigenvalue weighted by Gasteiger charge is 2.28. The summed E-state index contributed by atoms with van der Waals surface area (Å²) in [4.78, 5) is 17.4. The summed E-state index contributed by atoms with van der Waals surface area (Å²) in [6.45, 7) is 12.8. The average Bonchev–Trinajstić information content (AvgIpc) is 3.19. The SMILES string of the molecule is CCN1CCN(CCCNC(=O)[C@@H](NS(=O)(=O)c2cccs2)C(C)C)CC1. The van der Waals surface area contributed by atoms with Crippen LogP contribution in [0.3, 0.4) is 0 Å². The number of likely N-dealkylation sites (N-methyl/N-ethyl adjacent to an activating group) is 1. The quantitative estimate of drug-likeness (QED) is 0.560. The molecule has 1 aromatic rings. The second-order valence-electron chi connectivity index (χ2n) is 7.20. The molecule has 1 amide bonds. The Hall–Kier alpha value is -1.00. The molecule has 2 rings (SSSR count). The second-order valence-corrected chi connectivity index (χ2v) is 10.1. The molecular formula is C18H32N4O3S2. The van der Waals surface area contributed by atoms with Gasteiger partial charge >= 0.3 is 0 Å². The van der Waals surface area contributed by atoms with Crippen LogP contribution in [0.25, 0.3) is 0 Å². The van der Waals surface area contributed by atoms with Crippen molar-refractivity contribution in [2.75, 3.05) is 45.8 Å². The summed E-state index contributed by atoms with van der Waals surface area (Å²) < 4.78 is 27.6. The number of hydrogen-bond acceptors (Lipinski definition) is 6. The van der Waals surface area contributed by atoms with Gasteiger partial charge in [-0.25, -0.2) is 8.42 Å². The van der Waals surface area contributed by atoms with Gasteiger partial charge in [0.25, 0.3) is 10.0 Å². The molecule has 2 heterocycles. The van der Waals surface area contributed by atoms with Gasteiger partial charge in [-0.05, 0) is 36.9 Å². The Morgan fingerprint density at radius 2 is 1.89 bits per heavy atom. The molecule has 0 saturated carbocycles. The number of thiophene rings is 1. The molecule has 1 saturated heterocycles. The van der Waals surface area contributed by atoms with Gasteiger partial charge in [0.05, 0.1) is 0 Å². The van der Waals surface area contributed by atoms with E-state index in [-0.39, 0.29) is 16.0 Å². The van der Waals surface area contributed by atoms with Gasteiger partial charge < -0.3 is 15.1 Å². The maximum Gasteiger partial charge on any atom is 0.250 e. The van der Waals surface area contributed by atoms with Gasteiger partial charge in [-0.3, -0.25) is 4.79 Å². The molecule has 1 atom stereocenters. The summed E-state index contributed by atoms with van der Waals surface area (Å²) in [7, 11) is -3.67. The van der Waals surface area contributed by atoms with Gasteiger partial charge in [0.15, 0.2) is 0 Å². The molecule has 2 N–H and O–H groups in total. The lowest BCUT2D eigenvalue weighted by atomic mass is 10.1. The zero-order valence-corrected chi connectivity index (χ0v) is 18.1. The summed E-state index contributed by atoms with van der Waals surface area (Å²) >= 11 is 1.14. The van der Waals surface area contributed by atoms with Crippen molar-refractivity contribution in [3.63, 3.8) is 0 Å². The lowest BCUT2D eigenvalue weighted by molar-refractivity contribution is -0.123. The van der Waals surface area contributed by atoms with E-state index in [9.17, 15) is 13.2 Å². The minimum atomic E-state index is -3.67. The predicted molar refractivity (Wildman–Crippen MR) is 109 cm³/mol. The molecule has 0 radical (unpaired) electrons. The number of carbonyl (C=O) groups is 1. The molecule has 0 bridgehead atoms. The van der Waals surface area contributed by atoms with E-state index >= 15 is 0 Å². The first-order chi connectivity index (χ1) is 12.8. The number of nitrogens with zero attached hydrogens (tertiary/aromatic N) is 2. The third-order valence-corrected chi connectivity index (χ3v) is 7.69. The van der Waals surface area contributed by atoms with Gasteiger partial charge in [-0.15, -0.1) is 11.3 Å². The molecule has 27 heavy (non-hydrogen) atoms. The average molecular weight is 417 g/mol. The van der Waals surface area contributed by atoms with E-state index in [1.165, 1.54) is 0 Å². The second kappa shape index (κ2) is 10.5. The van der Waals surface area contributed by atoms with Crippen LogP contribution < -0.4 is 10.0 Å². The highest BCUT2D eigenvalue weighted by atomic mass is 32.2. The maximum absolute atomic E-state index is 12.5. The van der Waals surface area contributed by atoms with Crippen LogP contribution in [0, 0.1) is 5.92 Å². The van der Waals surface area contributed by atoms with E-state index in [2.05, 4.69) is 26.8 Å². The standard InChI is InChI=1S/C18H32N4O3S2/c1-4-21-10-12-22(13-11-21)9-6-8-19-18(23)17(15(2)3)20-27(24,25)16-7-5-14-26-16/h5,7,14-15,17,20H,4,6,8-13H2,1-3H3,(H,19,23)/t17-/m0/s1. The Morgan fingerprint density at radius 1 is 1.22 bits per heavy atom. The number of nitrogens with one attached hydrogen (secondary N) is 2. The summed E-state index contributed by atoms with van der Waals surface area (Å²) in [5.41, 5.74) is 0. The predicted octanol–water partition coefficient (Wildman–Crippen LogP) is 1.19. The zero-order chi connectivity index (χ0) is 19.9.